The van der Waals surface area contributed by atoms with E-state index in [0.717, 1.165) is 32.4 Å². The number of anilines is 1. The highest BCUT2D eigenvalue weighted by atomic mass is 32.2. The maximum absolute atomic E-state index is 13.1. The van der Waals surface area contributed by atoms with Crippen LogP contribution < -0.4 is 19.5 Å². The van der Waals surface area contributed by atoms with Gasteiger partial charge in [-0.25, -0.2) is 18.0 Å². The summed E-state index contributed by atoms with van der Waals surface area (Å²) in [6, 6.07) is 4.03. The molecule has 29 heavy (non-hydrogen) atoms. The van der Waals surface area contributed by atoms with E-state index < -0.39 is 56.8 Å². The number of alkyl halides is 2. The largest absolute Gasteiger partial charge is 0.481 e. The molecule has 0 spiro atoms. The lowest BCUT2D eigenvalue weighted by Crippen LogP contribution is -2.42. The SMILES string of the molecule is COC(=O)c1ccccc1S(=O)(=O)N(C(N)=O)c1nc(OC)cc(OC(F)F)n1. The number of nitrogens with zero attached hydrogens (tertiary/aromatic N) is 3. The third-order valence-corrected chi connectivity index (χ3v) is 5.01. The van der Waals surface area contributed by atoms with Gasteiger partial charge in [0.2, 0.25) is 11.8 Å². The molecule has 1 aromatic carbocycles. The number of carbonyl (C=O) groups is 2. The van der Waals surface area contributed by atoms with Crippen LogP contribution in [0.25, 0.3) is 0 Å². The standard InChI is InChI=1S/C15H14F2N4O7S/c1-26-10-7-11(28-13(16)17)20-15(19-10)21(14(18)23)29(24,25)9-6-4-3-5-8(9)12(22)27-2/h3-7,13H,1-2H3,(H2,18,23). The van der Waals surface area contributed by atoms with Crippen molar-refractivity contribution in [1.82, 2.24) is 9.97 Å². The minimum Gasteiger partial charge on any atom is -0.481 e. The summed E-state index contributed by atoms with van der Waals surface area (Å²) in [7, 11) is -2.75. The molecule has 0 aliphatic rings. The quantitative estimate of drug-likeness (QED) is 0.635. The summed E-state index contributed by atoms with van der Waals surface area (Å²) in [5.41, 5.74) is 4.77. The van der Waals surface area contributed by atoms with Gasteiger partial charge in [0.25, 0.3) is 16.0 Å². The van der Waals surface area contributed by atoms with Gasteiger partial charge < -0.3 is 19.9 Å². The molecule has 2 amide bonds. The molecule has 0 aliphatic carbocycles. The van der Waals surface area contributed by atoms with Crippen molar-refractivity contribution >= 4 is 28.0 Å². The zero-order valence-electron chi connectivity index (χ0n) is 14.9. The normalized spacial score (nSPS) is 11.1. The van der Waals surface area contributed by atoms with Crippen molar-refractivity contribution in [2.45, 2.75) is 11.5 Å². The van der Waals surface area contributed by atoms with Gasteiger partial charge in [-0.1, -0.05) is 12.1 Å². The van der Waals surface area contributed by atoms with Crippen LogP contribution in [0.5, 0.6) is 11.8 Å². The van der Waals surface area contributed by atoms with Gasteiger partial charge in [0, 0.05) is 0 Å². The van der Waals surface area contributed by atoms with E-state index in [1.54, 1.807) is 0 Å². The molecule has 0 fully saturated rings. The van der Waals surface area contributed by atoms with Gasteiger partial charge in [-0.3, -0.25) is 0 Å². The Bertz CT molecular complexity index is 1030. The monoisotopic (exact) mass is 432 g/mol. The van der Waals surface area contributed by atoms with E-state index in [9.17, 15) is 26.8 Å². The molecule has 11 nitrogen and oxygen atoms in total. The highest BCUT2D eigenvalue weighted by Gasteiger charge is 2.36. The second-order valence-electron chi connectivity index (χ2n) is 5.02. The average molecular weight is 432 g/mol. The van der Waals surface area contributed by atoms with E-state index in [1.165, 1.54) is 12.1 Å². The number of primary amides is 1. The first-order valence-electron chi connectivity index (χ1n) is 7.51. The van der Waals surface area contributed by atoms with Crippen molar-refractivity contribution in [3.8, 4) is 11.8 Å². The van der Waals surface area contributed by atoms with Crippen LogP contribution >= 0.6 is 0 Å². The molecular formula is C15H14F2N4O7S. The van der Waals surface area contributed by atoms with Crippen LogP contribution in [0.4, 0.5) is 19.5 Å². The number of aromatic nitrogens is 2. The van der Waals surface area contributed by atoms with Crippen molar-refractivity contribution in [2.75, 3.05) is 18.5 Å². The Morgan fingerprint density at radius 3 is 2.31 bits per heavy atom. The minimum absolute atomic E-state index is 0.0877. The molecule has 2 N–H and O–H groups in total. The Balaban J connectivity index is 2.69. The number of nitrogens with two attached hydrogens (primary N) is 1. The second kappa shape index (κ2) is 8.64. The number of methoxy groups -OCH3 is 2. The molecule has 0 unspecified atom stereocenters. The summed E-state index contributed by atoms with van der Waals surface area (Å²) in [5.74, 6) is -3.13. The van der Waals surface area contributed by atoms with Crippen LogP contribution in [-0.4, -0.2) is 51.2 Å². The Morgan fingerprint density at radius 1 is 1.14 bits per heavy atom. The van der Waals surface area contributed by atoms with E-state index in [0.29, 0.717) is 0 Å². The topological polar surface area (TPSA) is 151 Å². The van der Waals surface area contributed by atoms with Crippen LogP contribution in [0.3, 0.4) is 0 Å². The minimum atomic E-state index is -4.87. The van der Waals surface area contributed by atoms with E-state index in [1.807, 2.05) is 0 Å². The molecule has 2 aromatic rings. The first-order chi connectivity index (χ1) is 13.6. The molecule has 1 heterocycles. The molecule has 2 rings (SSSR count). The lowest BCUT2D eigenvalue weighted by Gasteiger charge is -2.20. The highest BCUT2D eigenvalue weighted by Crippen LogP contribution is 2.28. The Kier molecular flexibility index (Phi) is 6.48. The number of benzene rings is 1. The number of carbonyl (C=O) groups excluding carboxylic acids is 2. The zero-order chi connectivity index (χ0) is 21.8. The number of sulfonamides is 1. The van der Waals surface area contributed by atoms with Gasteiger partial charge in [0.15, 0.2) is 0 Å². The number of hydrogen-bond donors (Lipinski definition) is 1. The fraction of sp³-hybridized carbons (Fsp3) is 0.200. The van der Waals surface area contributed by atoms with Crippen molar-refractivity contribution in [1.29, 1.82) is 0 Å². The molecule has 0 saturated carbocycles. The van der Waals surface area contributed by atoms with Crippen molar-refractivity contribution in [3.63, 3.8) is 0 Å². The predicted molar refractivity (Wildman–Crippen MR) is 92.2 cm³/mol. The molecule has 0 radical (unpaired) electrons. The summed E-state index contributed by atoms with van der Waals surface area (Å²) in [5, 5.41) is 0. The van der Waals surface area contributed by atoms with Crippen molar-refractivity contribution < 1.29 is 41.0 Å². The molecule has 0 saturated heterocycles. The molecule has 0 aliphatic heterocycles. The molecule has 156 valence electrons. The predicted octanol–water partition coefficient (Wildman–Crippen LogP) is 1.15. The van der Waals surface area contributed by atoms with Crippen LogP contribution in [-0.2, 0) is 14.8 Å². The summed E-state index contributed by atoms with van der Waals surface area (Å²) in [4.78, 5) is 30.3. The number of halogens is 2. The van der Waals surface area contributed by atoms with E-state index in [2.05, 4.69) is 19.4 Å². The summed E-state index contributed by atoms with van der Waals surface area (Å²) >= 11 is 0. The van der Waals surface area contributed by atoms with Crippen LogP contribution in [0.1, 0.15) is 10.4 Å². The van der Waals surface area contributed by atoms with E-state index in [-0.39, 0.29) is 4.31 Å². The number of ether oxygens (including phenoxy) is 3. The molecule has 14 heteroatoms. The summed E-state index contributed by atoms with van der Waals surface area (Å²) < 4.78 is 64.5. The van der Waals surface area contributed by atoms with Gasteiger partial charge in [-0.05, 0) is 12.1 Å². The van der Waals surface area contributed by atoms with Crippen LogP contribution in [0.15, 0.2) is 35.2 Å². The second-order valence-corrected chi connectivity index (χ2v) is 6.78. The van der Waals surface area contributed by atoms with E-state index >= 15 is 0 Å². The third-order valence-electron chi connectivity index (χ3n) is 3.28. The maximum Gasteiger partial charge on any atom is 0.388 e. The van der Waals surface area contributed by atoms with Crippen molar-refractivity contribution in [3.05, 3.63) is 35.9 Å². The number of rotatable bonds is 7. The fourth-order valence-corrected chi connectivity index (χ4v) is 3.54. The number of amides is 2. The summed E-state index contributed by atoms with van der Waals surface area (Å²) in [6.07, 6.45) is 0. The molecule has 0 atom stereocenters. The van der Waals surface area contributed by atoms with Gasteiger partial charge in [0.05, 0.1) is 25.8 Å². The fourth-order valence-electron chi connectivity index (χ4n) is 2.13. The van der Waals surface area contributed by atoms with Crippen LogP contribution in [0, 0.1) is 0 Å². The molecular weight excluding hydrogens is 418 g/mol. The van der Waals surface area contributed by atoms with Gasteiger partial charge in [-0.15, -0.1) is 4.31 Å². The van der Waals surface area contributed by atoms with Crippen LogP contribution in [0.2, 0.25) is 0 Å². The molecule has 1 aromatic heterocycles. The third kappa shape index (κ3) is 4.66. The van der Waals surface area contributed by atoms with Gasteiger partial charge >= 0.3 is 18.6 Å². The Hall–Kier alpha value is -3.55. The Labute approximate surface area is 163 Å². The first-order valence-corrected chi connectivity index (χ1v) is 8.95. The maximum atomic E-state index is 13.1. The lowest BCUT2D eigenvalue weighted by molar-refractivity contribution is -0.0529. The first kappa shape index (κ1) is 21.7. The summed E-state index contributed by atoms with van der Waals surface area (Å²) in [6.45, 7) is -3.30. The van der Waals surface area contributed by atoms with Gasteiger partial charge in [-0.2, -0.15) is 18.7 Å². The number of hydrogen-bond acceptors (Lipinski definition) is 9. The van der Waals surface area contributed by atoms with Crippen molar-refractivity contribution in [2.24, 2.45) is 5.73 Å². The van der Waals surface area contributed by atoms with Gasteiger partial charge in [0.1, 0.15) is 4.90 Å². The zero-order valence-corrected chi connectivity index (χ0v) is 15.7. The van der Waals surface area contributed by atoms with E-state index in [4.69, 9.17) is 10.5 Å². The Morgan fingerprint density at radius 2 is 1.76 bits per heavy atom. The highest BCUT2D eigenvalue weighted by molar-refractivity contribution is 7.93. The number of esters is 1. The lowest BCUT2D eigenvalue weighted by atomic mass is 10.2. The average Bonchev–Trinajstić information content (AvgIpc) is 2.66. The molecule has 0 bridgehead atoms. The number of urea groups is 1. The smallest absolute Gasteiger partial charge is 0.388 e.